The summed E-state index contributed by atoms with van der Waals surface area (Å²) in [6.45, 7) is 3.10. The molecule has 0 unspecified atom stereocenters. The molecule has 2 aromatic carbocycles. The second-order valence-corrected chi connectivity index (χ2v) is 6.31. The van der Waals surface area contributed by atoms with Crippen molar-refractivity contribution < 1.29 is 9.90 Å². The van der Waals surface area contributed by atoms with E-state index in [1.54, 1.807) is 12.1 Å². The first kappa shape index (κ1) is 14.2. The first-order valence-corrected chi connectivity index (χ1v) is 8.01. The molecule has 0 aliphatic carbocycles. The van der Waals surface area contributed by atoms with Crippen molar-refractivity contribution in [3.63, 3.8) is 0 Å². The van der Waals surface area contributed by atoms with Gasteiger partial charge in [0.15, 0.2) is 0 Å². The predicted octanol–water partition coefficient (Wildman–Crippen LogP) is 2.36. The van der Waals surface area contributed by atoms with E-state index >= 15 is 0 Å². The number of nitrogens with one attached hydrogen (secondary N) is 1. The van der Waals surface area contributed by atoms with E-state index in [2.05, 4.69) is 15.4 Å². The molecule has 5 rings (SSSR count). The Morgan fingerprint density at radius 1 is 1.17 bits per heavy atom. The van der Waals surface area contributed by atoms with Crippen LogP contribution < -0.4 is 5.43 Å². The molecule has 3 fully saturated rings. The van der Waals surface area contributed by atoms with Crippen LogP contribution in [0.15, 0.2) is 41.5 Å². The molecule has 5 heteroatoms. The van der Waals surface area contributed by atoms with Gasteiger partial charge in [-0.2, -0.15) is 5.10 Å². The molecule has 2 bridgehead atoms. The molecule has 0 aromatic heterocycles. The van der Waals surface area contributed by atoms with Crippen LogP contribution >= 0.6 is 0 Å². The lowest BCUT2D eigenvalue weighted by molar-refractivity contribution is 0.0950. The molecular weight excluding hydrogens is 290 g/mol. The first-order valence-electron chi connectivity index (χ1n) is 8.01. The predicted molar refractivity (Wildman–Crippen MR) is 89.7 cm³/mol. The zero-order valence-electron chi connectivity index (χ0n) is 12.8. The summed E-state index contributed by atoms with van der Waals surface area (Å²) in [6.07, 6.45) is 2.24. The van der Waals surface area contributed by atoms with Gasteiger partial charge in [0.25, 0.3) is 5.91 Å². The highest BCUT2D eigenvalue weighted by Gasteiger charge is 2.31. The molecule has 3 saturated heterocycles. The fourth-order valence-electron chi connectivity index (χ4n) is 3.50. The highest BCUT2D eigenvalue weighted by molar-refractivity contribution is 6.02. The maximum Gasteiger partial charge on any atom is 0.275 e. The van der Waals surface area contributed by atoms with E-state index in [9.17, 15) is 9.90 Å². The number of nitrogens with zero attached hydrogens (tertiary/aromatic N) is 2. The van der Waals surface area contributed by atoms with Gasteiger partial charge < -0.3 is 5.11 Å². The summed E-state index contributed by atoms with van der Waals surface area (Å²) in [5.41, 5.74) is 3.93. The number of benzene rings is 2. The van der Waals surface area contributed by atoms with Crippen LogP contribution in [0.5, 0.6) is 5.75 Å². The summed E-state index contributed by atoms with van der Waals surface area (Å²) >= 11 is 0. The lowest BCUT2D eigenvalue weighted by Crippen LogP contribution is -2.48. The van der Waals surface area contributed by atoms with E-state index < -0.39 is 0 Å². The van der Waals surface area contributed by atoms with Crippen molar-refractivity contribution in [1.29, 1.82) is 0 Å². The lowest BCUT2D eigenvalue weighted by Gasteiger charge is -2.39. The molecule has 3 heterocycles. The number of hydrazone groups is 1. The highest BCUT2D eigenvalue weighted by Crippen LogP contribution is 2.26. The van der Waals surface area contributed by atoms with Gasteiger partial charge in [0.05, 0.1) is 11.3 Å². The molecule has 3 aliphatic heterocycles. The largest absolute Gasteiger partial charge is 0.507 e. The second kappa shape index (κ2) is 5.66. The van der Waals surface area contributed by atoms with Crippen LogP contribution in [0.3, 0.4) is 0 Å². The third-order valence-corrected chi connectivity index (χ3v) is 4.85. The summed E-state index contributed by atoms with van der Waals surface area (Å²) in [5.74, 6) is 0.109. The smallest absolute Gasteiger partial charge is 0.275 e. The summed E-state index contributed by atoms with van der Waals surface area (Å²) in [4.78, 5) is 14.7. The quantitative estimate of drug-likeness (QED) is 0.837. The Morgan fingerprint density at radius 2 is 1.87 bits per heavy atom. The zero-order chi connectivity index (χ0) is 15.8. The molecule has 0 saturated carbocycles. The van der Waals surface area contributed by atoms with Gasteiger partial charge in [-0.3, -0.25) is 9.69 Å². The molecule has 2 N–H and O–H groups in total. The number of hydrogen-bond acceptors (Lipinski definition) is 4. The Hall–Kier alpha value is -2.40. The van der Waals surface area contributed by atoms with Crippen molar-refractivity contribution in [2.75, 3.05) is 19.6 Å². The van der Waals surface area contributed by atoms with Crippen molar-refractivity contribution >= 4 is 22.4 Å². The summed E-state index contributed by atoms with van der Waals surface area (Å²) in [6, 6.07) is 11.0. The molecule has 0 radical (unpaired) electrons. The van der Waals surface area contributed by atoms with Crippen LogP contribution in [0, 0.1) is 5.92 Å². The van der Waals surface area contributed by atoms with Crippen LogP contribution in [0.2, 0.25) is 0 Å². The van der Waals surface area contributed by atoms with Crippen LogP contribution in [0.4, 0.5) is 0 Å². The number of carbonyl (C=O) groups excluding carboxylic acids is 1. The molecule has 5 nitrogen and oxygen atoms in total. The number of phenols is 1. The fraction of sp³-hybridized carbons (Fsp3) is 0.333. The number of phenolic OH excluding ortho intramolecular Hbond substituents is 1. The Bertz CT molecular complexity index is 792. The third-order valence-electron chi connectivity index (χ3n) is 4.85. The molecule has 2 aromatic rings. The van der Waals surface area contributed by atoms with Crippen molar-refractivity contribution in [3.8, 4) is 5.75 Å². The van der Waals surface area contributed by atoms with E-state index in [-0.39, 0.29) is 17.2 Å². The topological polar surface area (TPSA) is 64.9 Å². The Kier molecular flexibility index (Phi) is 3.50. The molecule has 23 heavy (non-hydrogen) atoms. The van der Waals surface area contributed by atoms with Crippen molar-refractivity contribution in [2.24, 2.45) is 11.0 Å². The Morgan fingerprint density at radius 3 is 2.52 bits per heavy atom. The maximum absolute atomic E-state index is 12.4. The minimum absolute atomic E-state index is 0.0182. The molecule has 3 aliphatic rings. The number of carbonyl (C=O) groups is 1. The number of amides is 1. The minimum atomic E-state index is -0.364. The van der Waals surface area contributed by atoms with E-state index in [4.69, 9.17) is 0 Å². The highest BCUT2D eigenvalue weighted by atomic mass is 16.3. The van der Waals surface area contributed by atoms with Gasteiger partial charge in [-0.05, 0) is 48.8 Å². The Balaban J connectivity index is 1.56. The van der Waals surface area contributed by atoms with Gasteiger partial charge in [0, 0.05) is 12.5 Å². The number of piperidine rings is 3. The van der Waals surface area contributed by atoms with Crippen LogP contribution in [-0.2, 0) is 0 Å². The standard InChI is InChI=1S/C18H19N3O2/c22-17-10-14-4-2-1-3-13(14)9-15(17)18(23)20-19-16-11-21-7-5-12(16)6-8-21/h1-4,9-10,12,22H,5-8,11H2,(H,20,23)/b19-16-. The number of fused-ring (bicyclic) bond motifs is 4. The second-order valence-electron chi connectivity index (χ2n) is 6.31. The Labute approximate surface area is 134 Å². The molecule has 0 spiro atoms. The SMILES string of the molecule is O=C(N/N=C1/CN2CCC1CC2)c1cc2ccccc2cc1O. The van der Waals surface area contributed by atoms with Crippen LogP contribution in [0.25, 0.3) is 10.8 Å². The van der Waals surface area contributed by atoms with Crippen molar-refractivity contribution in [2.45, 2.75) is 12.8 Å². The monoisotopic (exact) mass is 309 g/mol. The average molecular weight is 309 g/mol. The molecular formula is C18H19N3O2. The van der Waals surface area contributed by atoms with Crippen LogP contribution in [0.1, 0.15) is 23.2 Å². The van der Waals surface area contributed by atoms with E-state index in [1.807, 2.05) is 24.3 Å². The van der Waals surface area contributed by atoms with Gasteiger partial charge >= 0.3 is 0 Å². The first-order chi connectivity index (χ1) is 11.2. The van der Waals surface area contributed by atoms with Gasteiger partial charge in [-0.1, -0.05) is 24.3 Å². The lowest BCUT2D eigenvalue weighted by atomic mass is 9.87. The molecule has 0 atom stereocenters. The molecule has 1 amide bonds. The normalized spacial score (nSPS) is 25.0. The summed E-state index contributed by atoms with van der Waals surface area (Å²) in [7, 11) is 0. The fourth-order valence-corrected chi connectivity index (χ4v) is 3.50. The number of aromatic hydroxyl groups is 1. The van der Waals surface area contributed by atoms with Gasteiger partial charge in [-0.25, -0.2) is 5.43 Å². The van der Waals surface area contributed by atoms with E-state index in [0.29, 0.717) is 5.92 Å². The van der Waals surface area contributed by atoms with E-state index in [1.165, 1.54) is 0 Å². The summed E-state index contributed by atoms with van der Waals surface area (Å²) < 4.78 is 0. The van der Waals surface area contributed by atoms with Gasteiger partial charge in [-0.15, -0.1) is 0 Å². The van der Waals surface area contributed by atoms with Gasteiger partial charge in [0.1, 0.15) is 5.75 Å². The number of hydrogen-bond donors (Lipinski definition) is 2. The zero-order valence-corrected chi connectivity index (χ0v) is 12.8. The van der Waals surface area contributed by atoms with Crippen molar-refractivity contribution in [1.82, 2.24) is 10.3 Å². The third kappa shape index (κ3) is 2.68. The van der Waals surface area contributed by atoms with Gasteiger partial charge in [0.2, 0.25) is 0 Å². The van der Waals surface area contributed by atoms with E-state index in [0.717, 1.165) is 49.0 Å². The summed E-state index contributed by atoms with van der Waals surface area (Å²) in [5, 5.41) is 16.3. The maximum atomic E-state index is 12.4. The van der Waals surface area contributed by atoms with Crippen LogP contribution in [-0.4, -0.2) is 41.3 Å². The molecule has 118 valence electrons. The number of rotatable bonds is 2. The average Bonchev–Trinajstić information content (AvgIpc) is 2.60. The van der Waals surface area contributed by atoms with Crippen molar-refractivity contribution in [3.05, 3.63) is 42.0 Å². The minimum Gasteiger partial charge on any atom is -0.507 e.